The van der Waals surface area contributed by atoms with E-state index < -0.39 is 0 Å². The van der Waals surface area contributed by atoms with Gasteiger partial charge in [-0.3, -0.25) is 4.90 Å². The highest BCUT2D eigenvalue weighted by atomic mass is 16.5. The van der Waals surface area contributed by atoms with Crippen LogP contribution in [-0.4, -0.2) is 55.4 Å². The number of phenols is 1. The molecule has 0 amide bonds. The van der Waals surface area contributed by atoms with Crippen molar-refractivity contribution in [2.24, 2.45) is 0 Å². The van der Waals surface area contributed by atoms with Gasteiger partial charge in [0, 0.05) is 32.7 Å². The van der Waals surface area contributed by atoms with Gasteiger partial charge in [-0.25, -0.2) is 0 Å². The summed E-state index contributed by atoms with van der Waals surface area (Å²) < 4.78 is 5.58. The summed E-state index contributed by atoms with van der Waals surface area (Å²) in [6.07, 6.45) is 0.308. The number of nitrogens with zero attached hydrogens (tertiary/aromatic N) is 2. The highest BCUT2D eigenvalue weighted by molar-refractivity contribution is 5.57. The van der Waals surface area contributed by atoms with Crippen molar-refractivity contribution in [3.05, 3.63) is 24.3 Å². The van der Waals surface area contributed by atoms with Gasteiger partial charge in [0.25, 0.3) is 0 Å². The van der Waals surface area contributed by atoms with Crippen LogP contribution >= 0.6 is 0 Å². The van der Waals surface area contributed by atoms with E-state index in [1.165, 1.54) is 0 Å². The Bertz CT molecular complexity index is 387. The average molecular weight is 264 g/mol. The van der Waals surface area contributed by atoms with Gasteiger partial charge in [0.1, 0.15) is 5.75 Å². The van der Waals surface area contributed by atoms with Gasteiger partial charge >= 0.3 is 0 Å². The van der Waals surface area contributed by atoms with E-state index in [0.717, 1.165) is 45.0 Å². The van der Waals surface area contributed by atoms with Crippen molar-refractivity contribution in [1.82, 2.24) is 4.90 Å². The van der Waals surface area contributed by atoms with Gasteiger partial charge in [0.2, 0.25) is 0 Å². The third kappa shape index (κ3) is 4.11. The maximum Gasteiger partial charge on any atom is 0.138 e. The Hall–Kier alpha value is -1.26. The van der Waals surface area contributed by atoms with Gasteiger partial charge in [-0.15, -0.1) is 0 Å². The molecule has 1 aliphatic heterocycles. The predicted molar refractivity (Wildman–Crippen MR) is 77.8 cm³/mol. The van der Waals surface area contributed by atoms with Crippen molar-refractivity contribution in [2.75, 3.05) is 44.2 Å². The molecule has 1 aromatic rings. The molecule has 0 aromatic heterocycles. The van der Waals surface area contributed by atoms with Crippen molar-refractivity contribution in [2.45, 2.75) is 20.0 Å². The lowest BCUT2D eigenvalue weighted by molar-refractivity contribution is 0.0579. The second-order valence-electron chi connectivity index (χ2n) is 5.24. The Morgan fingerprint density at radius 1 is 1.16 bits per heavy atom. The van der Waals surface area contributed by atoms with Crippen molar-refractivity contribution >= 4 is 5.69 Å². The number of phenolic OH excluding ortho intramolecular Hbond substituents is 1. The lowest BCUT2D eigenvalue weighted by Crippen LogP contribution is -2.47. The molecule has 0 bridgehead atoms. The fraction of sp³-hybridized carbons (Fsp3) is 0.600. The van der Waals surface area contributed by atoms with Crippen LogP contribution < -0.4 is 4.90 Å². The quantitative estimate of drug-likeness (QED) is 0.881. The van der Waals surface area contributed by atoms with Gasteiger partial charge in [-0.2, -0.15) is 0 Å². The Morgan fingerprint density at radius 2 is 1.84 bits per heavy atom. The van der Waals surface area contributed by atoms with E-state index in [4.69, 9.17) is 4.74 Å². The number of hydrogen-bond acceptors (Lipinski definition) is 4. The van der Waals surface area contributed by atoms with Crippen LogP contribution in [0.25, 0.3) is 0 Å². The number of hydrogen-bond donors (Lipinski definition) is 1. The summed E-state index contributed by atoms with van der Waals surface area (Å²) >= 11 is 0. The van der Waals surface area contributed by atoms with Crippen LogP contribution in [0.4, 0.5) is 5.69 Å². The van der Waals surface area contributed by atoms with Crippen LogP contribution in [0.1, 0.15) is 13.8 Å². The molecule has 1 aliphatic rings. The van der Waals surface area contributed by atoms with Gasteiger partial charge in [-0.1, -0.05) is 12.1 Å². The number of para-hydroxylation sites is 2. The van der Waals surface area contributed by atoms with Crippen LogP contribution in [0.15, 0.2) is 24.3 Å². The molecule has 0 saturated carbocycles. The molecule has 2 rings (SSSR count). The zero-order valence-corrected chi connectivity index (χ0v) is 11.9. The van der Waals surface area contributed by atoms with Gasteiger partial charge in [0.05, 0.1) is 18.4 Å². The largest absolute Gasteiger partial charge is 0.506 e. The topological polar surface area (TPSA) is 35.9 Å². The molecule has 1 fully saturated rings. The maximum absolute atomic E-state index is 9.86. The van der Waals surface area contributed by atoms with E-state index in [2.05, 4.69) is 23.6 Å². The van der Waals surface area contributed by atoms with E-state index in [1.807, 2.05) is 18.2 Å². The summed E-state index contributed by atoms with van der Waals surface area (Å²) in [6, 6.07) is 7.56. The summed E-state index contributed by atoms with van der Waals surface area (Å²) in [7, 11) is 0. The van der Waals surface area contributed by atoms with E-state index in [0.29, 0.717) is 11.9 Å². The molecular formula is C15H24N2O2. The third-order valence-corrected chi connectivity index (χ3v) is 3.45. The summed E-state index contributed by atoms with van der Waals surface area (Å²) in [5.74, 6) is 0.374. The van der Waals surface area contributed by atoms with E-state index in [1.54, 1.807) is 6.07 Å². The first-order valence-electron chi connectivity index (χ1n) is 7.03. The molecule has 1 heterocycles. The third-order valence-electron chi connectivity index (χ3n) is 3.45. The Kier molecular flexibility index (Phi) is 5.05. The Labute approximate surface area is 115 Å². The number of ether oxygens (including phenoxy) is 1. The predicted octanol–water partition coefficient (Wildman–Crippen LogP) is 1.94. The fourth-order valence-corrected chi connectivity index (χ4v) is 2.36. The first kappa shape index (κ1) is 14.2. The van der Waals surface area contributed by atoms with Crippen LogP contribution in [0, 0.1) is 0 Å². The highest BCUT2D eigenvalue weighted by Gasteiger charge is 2.18. The molecule has 1 N–H and O–H groups in total. The number of benzene rings is 1. The van der Waals surface area contributed by atoms with E-state index >= 15 is 0 Å². The van der Waals surface area contributed by atoms with Gasteiger partial charge in [-0.05, 0) is 26.0 Å². The van der Waals surface area contributed by atoms with Crippen LogP contribution in [0.5, 0.6) is 5.75 Å². The lowest BCUT2D eigenvalue weighted by atomic mass is 10.2. The number of piperazine rings is 1. The zero-order valence-electron chi connectivity index (χ0n) is 11.9. The molecule has 19 heavy (non-hydrogen) atoms. The second-order valence-corrected chi connectivity index (χ2v) is 5.24. The molecule has 0 radical (unpaired) electrons. The number of anilines is 1. The zero-order chi connectivity index (χ0) is 13.7. The smallest absolute Gasteiger partial charge is 0.138 e. The molecule has 4 nitrogen and oxygen atoms in total. The molecule has 1 saturated heterocycles. The molecule has 0 unspecified atom stereocenters. The molecule has 0 aliphatic carbocycles. The van der Waals surface area contributed by atoms with Gasteiger partial charge < -0.3 is 14.7 Å². The molecule has 106 valence electrons. The minimum absolute atomic E-state index is 0.308. The molecule has 0 spiro atoms. The van der Waals surface area contributed by atoms with Crippen molar-refractivity contribution in [3.8, 4) is 5.75 Å². The van der Waals surface area contributed by atoms with E-state index in [9.17, 15) is 5.11 Å². The van der Waals surface area contributed by atoms with E-state index in [-0.39, 0.29) is 0 Å². The Balaban J connectivity index is 1.78. The molecule has 4 heteroatoms. The lowest BCUT2D eigenvalue weighted by Gasteiger charge is -2.36. The number of aromatic hydroxyl groups is 1. The summed E-state index contributed by atoms with van der Waals surface area (Å²) in [5, 5.41) is 9.86. The summed E-state index contributed by atoms with van der Waals surface area (Å²) in [4.78, 5) is 4.66. The summed E-state index contributed by atoms with van der Waals surface area (Å²) in [6.45, 7) is 9.89. The average Bonchev–Trinajstić information content (AvgIpc) is 2.40. The van der Waals surface area contributed by atoms with Crippen LogP contribution in [0.2, 0.25) is 0 Å². The molecule has 1 aromatic carbocycles. The standard InChI is InChI=1S/C15H24N2O2/c1-13(2)19-12-11-16-7-9-17(10-8-16)14-5-3-4-6-15(14)18/h3-6,13,18H,7-12H2,1-2H3. The monoisotopic (exact) mass is 264 g/mol. The highest BCUT2D eigenvalue weighted by Crippen LogP contribution is 2.26. The van der Waals surface area contributed by atoms with Crippen molar-refractivity contribution < 1.29 is 9.84 Å². The van der Waals surface area contributed by atoms with Crippen LogP contribution in [-0.2, 0) is 4.74 Å². The minimum Gasteiger partial charge on any atom is -0.506 e. The van der Waals surface area contributed by atoms with Crippen molar-refractivity contribution in [3.63, 3.8) is 0 Å². The second kappa shape index (κ2) is 6.78. The molecule has 0 atom stereocenters. The fourth-order valence-electron chi connectivity index (χ4n) is 2.36. The van der Waals surface area contributed by atoms with Gasteiger partial charge in [0.15, 0.2) is 0 Å². The first-order chi connectivity index (χ1) is 9.16. The molecular weight excluding hydrogens is 240 g/mol. The van der Waals surface area contributed by atoms with Crippen molar-refractivity contribution in [1.29, 1.82) is 0 Å². The Morgan fingerprint density at radius 3 is 2.47 bits per heavy atom. The number of rotatable bonds is 5. The minimum atomic E-state index is 0.308. The summed E-state index contributed by atoms with van der Waals surface area (Å²) in [5.41, 5.74) is 0.945. The first-order valence-corrected chi connectivity index (χ1v) is 7.03. The van der Waals surface area contributed by atoms with Crippen LogP contribution in [0.3, 0.4) is 0 Å². The SMILES string of the molecule is CC(C)OCCN1CCN(c2ccccc2O)CC1. The normalized spacial score (nSPS) is 17.1. The maximum atomic E-state index is 9.86.